The van der Waals surface area contributed by atoms with Gasteiger partial charge in [-0.1, -0.05) is 24.3 Å². The number of rotatable bonds is 7. The Hall–Kier alpha value is -2.07. The van der Waals surface area contributed by atoms with Crippen molar-refractivity contribution in [3.8, 4) is 5.75 Å². The second-order valence-corrected chi connectivity index (χ2v) is 7.09. The van der Waals surface area contributed by atoms with Gasteiger partial charge in [-0.05, 0) is 31.5 Å². The summed E-state index contributed by atoms with van der Waals surface area (Å²) in [4.78, 5) is 11.2. The number of aliphatic imine (C=N–C) groups is 1. The summed E-state index contributed by atoms with van der Waals surface area (Å²) in [6, 6.07) is 12.1. The van der Waals surface area contributed by atoms with Crippen LogP contribution in [0.5, 0.6) is 5.75 Å². The average molecular weight is 525 g/mol. The van der Waals surface area contributed by atoms with Crippen LogP contribution in [0.3, 0.4) is 0 Å². The highest BCUT2D eigenvalue weighted by atomic mass is 127. The number of nitrogens with one attached hydrogen (secondary N) is 2. The zero-order valence-electron chi connectivity index (χ0n) is 17.9. The van der Waals surface area contributed by atoms with Gasteiger partial charge in [0.2, 0.25) is 0 Å². The number of para-hydroxylation sites is 1. The van der Waals surface area contributed by atoms with Crippen molar-refractivity contribution < 1.29 is 9.47 Å². The lowest BCUT2D eigenvalue weighted by Crippen LogP contribution is -2.42. The van der Waals surface area contributed by atoms with Gasteiger partial charge in [0, 0.05) is 38.4 Å². The third kappa shape index (κ3) is 7.02. The van der Waals surface area contributed by atoms with E-state index < -0.39 is 0 Å². The van der Waals surface area contributed by atoms with E-state index in [-0.39, 0.29) is 30.1 Å². The summed E-state index contributed by atoms with van der Waals surface area (Å²) >= 11 is 0. The molecule has 3 rings (SSSR count). The fourth-order valence-corrected chi connectivity index (χ4v) is 3.22. The molecule has 0 bridgehead atoms. The van der Waals surface area contributed by atoms with Crippen LogP contribution in [0.1, 0.15) is 18.1 Å². The summed E-state index contributed by atoms with van der Waals surface area (Å²) in [6.07, 6.45) is 1.85. The first-order valence-corrected chi connectivity index (χ1v) is 10.1. The first kappa shape index (κ1) is 24.2. The van der Waals surface area contributed by atoms with Gasteiger partial charge in [0.25, 0.3) is 0 Å². The lowest BCUT2D eigenvalue weighted by molar-refractivity contribution is 0.122. The molecule has 1 atom stereocenters. The maximum atomic E-state index is 6.03. The summed E-state index contributed by atoms with van der Waals surface area (Å²) in [6.45, 7) is 8.61. The highest BCUT2D eigenvalue weighted by Crippen LogP contribution is 2.19. The monoisotopic (exact) mass is 525 g/mol. The normalized spacial score (nSPS) is 15.2. The number of hydrogen-bond acceptors (Lipinski definition) is 5. The number of aromatic nitrogens is 1. The van der Waals surface area contributed by atoms with Crippen LogP contribution in [0.25, 0.3) is 0 Å². The Kier molecular flexibility index (Phi) is 10.2. The fraction of sp³-hybridized carbons (Fsp3) is 0.455. The molecule has 0 amide bonds. The van der Waals surface area contributed by atoms with Crippen LogP contribution in [-0.2, 0) is 11.3 Å². The number of ether oxygens (including phenoxy) is 2. The molecule has 2 aromatic rings. The van der Waals surface area contributed by atoms with Gasteiger partial charge in [0.1, 0.15) is 17.7 Å². The van der Waals surface area contributed by atoms with Gasteiger partial charge in [0.05, 0.1) is 19.8 Å². The minimum atomic E-state index is 0. The first-order chi connectivity index (χ1) is 14.2. The van der Waals surface area contributed by atoms with Crippen LogP contribution in [0, 0.1) is 6.92 Å². The topological polar surface area (TPSA) is 71.0 Å². The van der Waals surface area contributed by atoms with E-state index in [1.165, 1.54) is 0 Å². The van der Waals surface area contributed by atoms with Crippen molar-refractivity contribution in [1.82, 2.24) is 15.6 Å². The Balaban J connectivity index is 0.00000320. The molecule has 1 unspecified atom stereocenters. The quantitative estimate of drug-likeness (QED) is 0.329. The second kappa shape index (κ2) is 12.6. The number of halogens is 1. The molecular weight excluding hydrogens is 493 g/mol. The number of aryl methyl sites for hydroxylation is 1. The fourth-order valence-electron chi connectivity index (χ4n) is 3.22. The number of pyridine rings is 1. The maximum Gasteiger partial charge on any atom is 0.191 e. The molecule has 0 radical (unpaired) electrons. The molecule has 0 spiro atoms. The SMILES string of the molecule is CN=C(NCc1cccnc1N1CCOCC1)NCC(C)Oc1ccccc1C.I. The highest BCUT2D eigenvalue weighted by molar-refractivity contribution is 14.0. The van der Waals surface area contributed by atoms with Gasteiger partial charge in [-0.15, -0.1) is 24.0 Å². The molecule has 2 heterocycles. The highest BCUT2D eigenvalue weighted by Gasteiger charge is 2.16. The van der Waals surface area contributed by atoms with Crippen LogP contribution in [0.4, 0.5) is 5.82 Å². The van der Waals surface area contributed by atoms with E-state index in [4.69, 9.17) is 9.47 Å². The van der Waals surface area contributed by atoms with E-state index in [1.807, 2.05) is 37.4 Å². The molecule has 30 heavy (non-hydrogen) atoms. The number of guanidine groups is 1. The van der Waals surface area contributed by atoms with E-state index in [0.717, 1.165) is 55.0 Å². The largest absolute Gasteiger partial charge is 0.489 e. The Labute approximate surface area is 196 Å². The van der Waals surface area contributed by atoms with Crippen molar-refractivity contribution in [1.29, 1.82) is 0 Å². The van der Waals surface area contributed by atoms with Gasteiger partial charge in [0.15, 0.2) is 5.96 Å². The smallest absolute Gasteiger partial charge is 0.191 e. The van der Waals surface area contributed by atoms with Crippen molar-refractivity contribution in [2.45, 2.75) is 26.5 Å². The van der Waals surface area contributed by atoms with E-state index in [9.17, 15) is 0 Å². The molecule has 2 N–H and O–H groups in total. The van der Waals surface area contributed by atoms with E-state index in [1.54, 1.807) is 7.05 Å². The number of anilines is 1. The predicted octanol–water partition coefficient (Wildman–Crippen LogP) is 2.98. The van der Waals surface area contributed by atoms with Crippen LogP contribution < -0.4 is 20.3 Å². The van der Waals surface area contributed by atoms with Crippen LogP contribution in [-0.4, -0.2) is 56.9 Å². The van der Waals surface area contributed by atoms with Gasteiger partial charge < -0.3 is 25.0 Å². The third-order valence-corrected chi connectivity index (χ3v) is 4.83. The number of morpholine rings is 1. The van der Waals surface area contributed by atoms with Crippen molar-refractivity contribution >= 4 is 35.8 Å². The summed E-state index contributed by atoms with van der Waals surface area (Å²) in [5.41, 5.74) is 2.27. The van der Waals surface area contributed by atoms with Crippen LogP contribution in [0.2, 0.25) is 0 Å². The average Bonchev–Trinajstić information content (AvgIpc) is 2.76. The van der Waals surface area contributed by atoms with Crippen molar-refractivity contribution in [2.75, 3.05) is 44.8 Å². The summed E-state index contributed by atoms with van der Waals surface area (Å²) in [5, 5.41) is 6.72. The number of hydrogen-bond donors (Lipinski definition) is 2. The lowest BCUT2D eigenvalue weighted by Gasteiger charge is -2.29. The summed E-state index contributed by atoms with van der Waals surface area (Å²) < 4.78 is 11.5. The second-order valence-electron chi connectivity index (χ2n) is 7.09. The molecule has 0 aliphatic carbocycles. The standard InChI is InChI=1S/C22H31N5O2.HI/c1-17-7-4-5-9-20(17)29-18(2)15-25-22(23-3)26-16-19-8-6-10-24-21(19)27-11-13-28-14-12-27;/h4-10,18H,11-16H2,1-3H3,(H2,23,25,26);1H. The first-order valence-electron chi connectivity index (χ1n) is 10.1. The summed E-state index contributed by atoms with van der Waals surface area (Å²) in [7, 11) is 1.77. The van der Waals surface area contributed by atoms with Gasteiger partial charge >= 0.3 is 0 Å². The number of nitrogens with zero attached hydrogens (tertiary/aromatic N) is 3. The van der Waals surface area contributed by atoms with Crippen LogP contribution >= 0.6 is 24.0 Å². The minimum absolute atomic E-state index is 0. The lowest BCUT2D eigenvalue weighted by atomic mass is 10.2. The maximum absolute atomic E-state index is 6.03. The molecule has 164 valence electrons. The molecule has 1 aromatic heterocycles. The van der Waals surface area contributed by atoms with Crippen LogP contribution in [0.15, 0.2) is 47.6 Å². The van der Waals surface area contributed by atoms with Gasteiger partial charge in [-0.3, -0.25) is 4.99 Å². The van der Waals surface area contributed by atoms with E-state index in [0.29, 0.717) is 13.1 Å². The Morgan fingerprint density at radius 1 is 1.20 bits per heavy atom. The number of benzene rings is 1. The molecule has 1 aromatic carbocycles. The van der Waals surface area contributed by atoms with E-state index >= 15 is 0 Å². The molecule has 1 saturated heterocycles. The molecular formula is C22H32IN5O2. The van der Waals surface area contributed by atoms with Crippen molar-refractivity contribution in [3.05, 3.63) is 53.7 Å². The van der Waals surface area contributed by atoms with Crippen molar-refractivity contribution in [3.63, 3.8) is 0 Å². The Morgan fingerprint density at radius 2 is 1.97 bits per heavy atom. The molecule has 7 nitrogen and oxygen atoms in total. The minimum Gasteiger partial charge on any atom is -0.489 e. The molecule has 1 aliphatic heterocycles. The third-order valence-electron chi connectivity index (χ3n) is 4.83. The molecule has 8 heteroatoms. The Bertz CT molecular complexity index is 812. The zero-order chi connectivity index (χ0) is 20.5. The zero-order valence-corrected chi connectivity index (χ0v) is 20.3. The van der Waals surface area contributed by atoms with Crippen molar-refractivity contribution in [2.24, 2.45) is 4.99 Å². The molecule has 0 saturated carbocycles. The molecule has 1 aliphatic rings. The van der Waals surface area contributed by atoms with E-state index in [2.05, 4.69) is 44.6 Å². The molecule has 1 fully saturated rings. The Morgan fingerprint density at radius 3 is 2.70 bits per heavy atom. The predicted molar refractivity (Wildman–Crippen MR) is 132 cm³/mol. The van der Waals surface area contributed by atoms with Gasteiger partial charge in [-0.2, -0.15) is 0 Å². The van der Waals surface area contributed by atoms with Gasteiger partial charge in [-0.25, -0.2) is 4.98 Å². The summed E-state index contributed by atoms with van der Waals surface area (Å²) in [5.74, 6) is 2.66.